The first-order chi connectivity index (χ1) is 15.0. The third-order valence-corrected chi connectivity index (χ3v) is 6.01. The van der Waals surface area contributed by atoms with Crippen LogP contribution in [0.15, 0.2) is 52.9 Å². The molecule has 0 saturated carbocycles. The van der Waals surface area contributed by atoms with E-state index in [1.807, 2.05) is 37.3 Å². The number of fused-ring (bicyclic) bond motifs is 1. The Hall–Kier alpha value is -2.90. The first-order valence-electron chi connectivity index (χ1n) is 10.8. The Bertz CT molecular complexity index is 1010. The van der Waals surface area contributed by atoms with Crippen molar-refractivity contribution in [2.45, 2.75) is 19.5 Å². The molecule has 1 atom stereocenters. The largest absolute Gasteiger partial charge is 0.496 e. The van der Waals surface area contributed by atoms with E-state index in [1.165, 1.54) is 15.9 Å². The minimum atomic E-state index is -0.241. The second-order valence-corrected chi connectivity index (χ2v) is 8.29. The van der Waals surface area contributed by atoms with E-state index >= 15 is 0 Å². The van der Waals surface area contributed by atoms with Crippen molar-refractivity contribution in [1.82, 2.24) is 5.32 Å². The van der Waals surface area contributed by atoms with Crippen molar-refractivity contribution in [3.63, 3.8) is 0 Å². The quantitative estimate of drug-likeness (QED) is 0.521. The van der Waals surface area contributed by atoms with E-state index in [0.717, 1.165) is 60.8 Å². The van der Waals surface area contributed by atoms with Crippen LogP contribution in [0.3, 0.4) is 0 Å². The van der Waals surface area contributed by atoms with E-state index in [1.54, 1.807) is 19.2 Å². The van der Waals surface area contributed by atoms with Gasteiger partial charge in [-0.2, -0.15) is 0 Å². The number of furan rings is 1. The fraction of sp³-hybridized carbons (Fsp3) is 0.375. The number of carbonyl (C=O) groups is 1. The Morgan fingerprint density at radius 2 is 1.87 bits per heavy atom. The Labute approximate surface area is 181 Å². The van der Waals surface area contributed by atoms with Gasteiger partial charge in [0.15, 0.2) is 6.54 Å². The highest BCUT2D eigenvalue weighted by Gasteiger charge is 2.26. The van der Waals surface area contributed by atoms with Gasteiger partial charge in [-0.05, 0) is 37.3 Å². The molecule has 7 heteroatoms. The number of benzene rings is 2. The summed E-state index contributed by atoms with van der Waals surface area (Å²) in [6.07, 6.45) is 0. The lowest BCUT2D eigenvalue weighted by molar-refractivity contribution is -1.02. The zero-order valence-electron chi connectivity index (χ0n) is 18.0. The number of amides is 1. The number of halogens is 1. The van der Waals surface area contributed by atoms with E-state index in [2.05, 4.69) is 5.32 Å². The normalized spacial score (nSPS) is 19.8. The molecule has 2 aromatic carbocycles. The highest BCUT2D eigenvalue weighted by atomic mass is 19.1. The van der Waals surface area contributed by atoms with Crippen LogP contribution in [-0.4, -0.2) is 45.7 Å². The molecule has 3 N–H and O–H groups in total. The van der Waals surface area contributed by atoms with Gasteiger partial charge in [0.25, 0.3) is 5.91 Å². The molecule has 0 unspecified atom stereocenters. The van der Waals surface area contributed by atoms with Gasteiger partial charge in [0.2, 0.25) is 0 Å². The van der Waals surface area contributed by atoms with E-state index in [4.69, 9.17) is 9.15 Å². The molecule has 2 heterocycles. The predicted octanol–water partition coefficient (Wildman–Crippen LogP) is 0.741. The van der Waals surface area contributed by atoms with Crippen molar-refractivity contribution in [2.75, 3.05) is 39.8 Å². The van der Waals surface area contributed by atoms with Crippen LogP contribution in [0, 0.1) is 5.82 Å². The highest BCUT2D eigenvalue weighted by molar-refractivity contribution is 5.79. The van der Waals surface area contributed by atoms with Crippen LogP contribution in [0.1, 0.15) is 24.3 Å². The van der Waals surface area contributed by atoms with Gasteiger partial charge < -0.3 is 24.3 Å². The second-order valence-electron chi connectivity index (χ2n) is 8.29. The predicted molar refractivity (Wildman–Crippen MR) is 116 cm³/mol. The SMILES string of the molecule is COc1ccc(F)cc1C[NH+]1CC[NH+](CC(=O)N[C@H](C)c2cc3ccccc3o2)CC1. The van der Waals surface area contributed by atoms with Gasteiger partial charge in [0.05, 0.1) is 18.7 Å². The van der Waals surface area contributed by atoms with Crippen molar-refractivity contribution in [1.29, 1.82) is 0 Å². The molecule has 1 aromatic heterocycles. The molecule has 31 heavy (non-hydrogen) atoms. The van der Waals surface area contributed by atoms with Gasteiger partial charge in [-0.25, -0.2) is 4.39 Å². The smallest absolute Gasteiger partial charge is 0.275 e. The van der Waals surface area contributed by atoms with Gasteiger partial charge in [-0.3, -0.25) is 4.79 Å². The summed E-state index contributed by atoms with van der Waals surface area (Å²) in [5.74, 6) is 1.28. The van der Waals surface area contributed by atoms with Crippen molar-refractivity contribution >= 4 is 16.9 Å². The molecule has 0 spiro atoms. The fourth-order valence-electron chi connectivity index (χ4n) is 4.27. The first-order valence-corrected chi connectivity index (χ1v) is 10.8. The number of piperazine rings is 1. The van der Waals surface area contributed by atoms with Crippen LogP contribution >= 0.6 is 0 Å². The number of hydrogen-bond donors (Lipinski definition) is 3. The number of carbonyl (C=O) groups excluding carboxylic acids is 1. The first kappa shape index (κ1) is 21.3. The van der Waals surface area contributed by atoms with Crippen LogP contribution in [0.5, 0.6) is 5.75 Å². The maximum Gasteiger partial charge on any atom is 0.275 e. The Morgan fingerprint density at radius 3 is 2.61 bits per heavy atom. The molecule has 164 valence electrons. The average Bonchev–Trinajstić information content (AvgIpc) is 3.20. The summed E-state index contributed by atoms with van der Waals surface area (Å²) < 4.78 is 24.8. The molecular weight excluding hydrogens is 397 g/mol. The number of ether oxygens (including phenoxy) is 1. The molecule has 6 nitrogen and oxygen atoms in total. The van der Waals surface area contributed by atoms with Crippen molar-refractivity contribution < 1.29 is 28.1 Å². The Kier molecular flexibility index (Phi) is 6.53. The van der Waals surface area contributed by atoms with Crippen LogP contribution in [0.25, 0.3) is 11.0 Å². The number of hydrogen-bond acceptors (Lipinski definition) is 3. The standard InChI is InChI=1S/C24H28FN3O3/c1-17(23-14-18-5-3-4-6-22(18)31-23)26-24(29)16-28-11-9-27(10-12-28)15-19-13-20(25)7-8-21(19)30-2/h3-8,13-14,17H,9-12,15-16H2,1-2H3,(H,26,29)/p+2/t17-/m1/s1. The summed E-state index contributed by atoms with van der Waals surface area (Å²) >= 11 is 0. The molecule has 1 amide bonds. The fourth-order valence-corrected chi connectivity index (χ4v) is 4.27. The molecule has 1 fully saturated rings. The van der Waals surface area contributed by atoms with Crippen molar-refractivity contribution in [3.05, 3.63) is 65.7 Å². The summed E-state index contributed by atoms with van der Waals surface area (Å²) in [4.78, 5) is 15.2. The van der Waals surface area contributed by atoms with Crippen molar-refractivity contribution in [2.24, 2.45) is 0 Å². The van der Waals surface area contributed by atoms with E-state index in [-0.39, 0.29) is 17.8 Å². The maximum atomic E-state index is 13.6. The second kappa shape index (κ2) is 9.49. The lowest BCUT2D eigenvalue weighted by Gasteiger charge is -2.29. The molecule has 1 aliphatic rings. The minimum absolute atomic E-state index is 0.0261. The topological polar surface area (TPSA) is 60.4 Å². The molecule has 0 aliphatic carbocycles. The molecule has 0 bridgehead atoms. The lowest BCUT2D eigenvalue weighted by atomic mass is 10.1. The number of para-hydroxylation sites is 1. The van der Waals surface area contributed by atoms with Crippen LogP contribution < -0.4 is 19.9 Å². The van der Waals surface area contributed by atoms with Gasteiger partial charge >= 0.3 is 0 Å². The van der Waals surface area contributed by atoms with Crippen LogP contribution in [0.4, 0.5) is 4.39 Å². The van der Waals surface area contributed by atoms with E-state index in [0.29, 0.717) is 6.54 Å². The Morgan fingerprint density at radius 1 is 1.13 bits per heavy atom. The van der Waals surface area contributed by atoms with E-state index < -0.39 is 0 Å². The molecule has 3 aromatic rings. The third kappa shape index (κ3) is 5.24. The summed E-state index contributed by atoms with van der Waals surface area (Å²) in [5, 5.41) is 4.10. The summed E-state index contributed by atoms with van der Waals surface area (Å²) in [5.41, 5.74) is 1.72. The summed E-state index contributed by atoms with van der Waals surface area (Å²) in [7, 11) is 1.61. The average molecular weight is 428 g/mol. The summed E-state index contributed by atoms with van der Waals surface area (Å²) in [6, 6.07) is 14.3. The molecular formula is C24H30FN3O3+2. The number of nitrogens with one attached hydrogen (secondary N) is 3. The maximum absolute atomic E-state index is 13.6. The van der Waals surface area contributed by atoms with Crippen molar-refractivity contribution in [3.8, 4) is 5.75 Å². The van der Waals surface area contributed by atoms with Crippen LogP contribution in [0.2, 0.25) is 0 Å². The highest BCUT2D eigenvalue weighted by Crippen LogP contribution is 2.23. The zero-order chi connectivity index (χ0) is 21.8. The van der Waals surface area contributed by atoms with Gasteiger partial charge in [-0.15, -0.1) is 0 Å². The van der Waals surface area contributed by atoms with Gasteiger partial charge in [0, 0.05) is 5.39 Å². The minimum Gasteiger partial charge on any atom is -0.496 e. The third-order valence-electron chi connectivity index (χ3n) is 6.01. The van der Waals surface area contributed by atoms with Crippen LogP contribution in [-0.2, 0) is 11.3 Å². The number of rotatable bonds is 7. The molecule has 4 rings (SSSR count). The lowest BCUT2D eigenvalue weighted by Crippen LogP contribution is -3.28. The molecule has 0 radical (unpaired) electrons. The molecule has 1 aliphatic heterocycles. The number of methoxy groups -OCH3 is 1. The Balaban J connectivity index is 1.26. The van der Waals surface area contributed by atoms with Gasteiger partial charge in [0.1, 0.15) is 55.6 Å². The van der Waals surface area contributed by atoms with E-state index in [9.17, 15) is 9.18 Å². The molecule has 1 saturated heterocycles. The zero-order valence-corrected chi connectivity index (χ0v) is 18.0. The number of quaternary nitrogens is 2. The van der Waals surface area contributed by atoms with Gasteiger partial charge in [-0.1, -0.05) is 18.2 Å². The summed E-state index contributed by atoms with van der Waals surface area (Å²) in [6.45, 7) is 6.78. The monoisotopic (exact) mass is 427 g/mol.